The number of nitrogens with one attached hydrogen (secondary N) is 1. The quantitative estimate of drug-likeness (QED) is 0.528. The maximum Gasteiger partial charge on any atom is 0.349 e. The van der Waals surface area contributed by atoms with Crippen LogP contribution in [0.3, 0.4) is 0 Å². The van der Waals surface area contributed by atoms with Gasteiger partial charge < -0.3 is 5.32 Å². The van der Waals surface area contributed by atoms with Crippen LogP contribution in [0.4, 0.5) is 17.6 Å². The van der Waals surface area contributed by atoms with E-state index in [9.17, 15) is 25.6 Å². The van der Waals surface area contributed by atoms with Gasteiger partial charge in [-0.05, 0) is 18.6 Å². The van der Waals surface area contributed by atoms with Gasteiger partial charge in [-0.15, -0.1) is 12.4 Å². The number of rotatable bonds is 6. The SMILES string of the molecule is CCS(=O)(=O)C1=CCC(C2=CC=C(S(=O)(=O)CC)C(F)(F)C2(F)F)(N2CCNCC2)C=C1.Cl. The molecule has 0 radical (unpaired) electrons. The van der Waals surface area contributed by atoms with Crippen molar-refractivity contribution >= 4 is 32.1 Å². The summed E-state index contributed by atoms with van der Waals surface area (Å²) in [6.45, 7) is 3.94. The van der Waals surface area contributed by atoms with Crippen LogP contribution in [-0.2, 0) is 19.7 Å². The minimum absolute atomic E-state index is 0. The zero-order chi connectivity index (χ0) is 24.0. The van der Waals surface area contributed by atoms with E-state index in [-0.39, 0.29) is 42.6 Å². The van der Waals surface area contributed by atoms with Gasteiger partial charge in [-0.1, -0.05) is 32.1 Å². The summed E-state index contributed by atoms with van der Waals surface area (Å²) in [5, 5.41) is 3.06. The molecule has 0 saturated carbocycles. The molecular weight excluding hydrogens is 508 g/mol. The Morgan fingerprint density at radius 3 is 2.00 bits per heavy atom. The van der Waals surface area contributed by atoms with Crippen LogP contribution < -0.4 is 5.32 Å². The third kappa shape index (κ3) is 4.56. The first-order chi connectivity index (χ1) is 14.8. The number of hydrogen-bond acceptors (Lipinski definition) is 6. The molecule has 1 unspecified atom stereocenters. The van der Waals surface area contributed by atoms with Gasteiger partial charge in [0.05, 0.1) is 21.9 Å². The Morgan fingerprint density at radius 1 is 0.939 bits per heavy atom. The molecule has 1 aliphatic heterocycles. The third-order valence-electron chi connectivity index (χ3n) is 6.18. The fourth-order valence-electron chi connectivity index (χ4n) is 4.24. The second-order valence-corrected chi connectivity index (χ2v) is 12.4. The smallest absolute Gasteiger partial charge is 0.314 e. The van der Waals surface area contributed by atoms with Crippen LogP contribution in [0.25, 0.3) is 0 Å². The van der Waals surface area contributed by atoms with Crippen LogP contribution in [0, 0.1) is 0 Å². The number of hydrogen-bond donors (Lipinski definition) is 1. The van der Waals surface area contributed by atoms with Crippen molar-refractivity contribution in [1.29, 1.82) is 0 Å². The summed E-state index contributed by atoms with van der Waals surface area (Å²) in [6, 6.07) is 0. The number of halogens is 5. The zero-order valence-corrected chi connectivity index (χ0v) is 20.6. The highest BCUT2D eigenvalue weighted by Gasteiger charge is 2.68. The summed E-state index contributed by atoms with van der Waals surface area (Å²) in [7, 11) is -8.20. The van der Waals surface area contributed by atoms with E-state index in [1.807, 2.05) is 0 Å². The van der Waals surface area contributed by atoms with Gasteiger partial charge in [0.25, 0.3) is 0 Å². The lowest BCUT2D eigenvalue weighted by Gasteiger charge is -2.49. The molecule has 0 spiro atoms. The highest BCUT2D eigenvalue weighted by molar-refractivity contribution is 7.95. The van der Waals surface area contributed by atoms with Gasteiger partial charge in [-0.2, -0.15) is 17.6 Å². The molecule has 1 saturated heterocycles. The second-order valence-electron chi connectivity index (χ2n) is 7.87. The van der Waals surface area contributed by atoms with Crippen LogP contribution in [-0.4, -0.2) is 76.8 Å². The fourth-order valence-corrected chi connectivity index (χ4v) is 6.29. The number of sulfone groups is 2. The molecule has 1 N–H and O–H groups in total. The Kier molecular flexibility index (Phi) is 8.02. The van der Waals surface area contributed by atoms with Gasteiger partial charge in [0.15, 0.2) is 19.7 Å². The normalized spacial score (nSPS) is 27.8. The Balaban J connectivity index is 0.00000385. The highest BCUT2D eigenvalue weighted by atomic mass is 35.5. The van der Waals surface area contributed by atoms with E-state index in [2.05, 4.69) is 5.32 Å². The monoisotopic (exact) mass is 534 g/mol. The first-order valence-corrected chi connectivity index (χ1v) is 13.6. The Bertz CT molecular complexity index is 1110. The lowest BCUT2D eigenvalue weighted by molar-refractivity contribution is -0.167. The van der Waals surface area contributed by atoms with Crippen molar-refractivity contribution in [2.24, 2.45) is 0 Å². The average molecular weight is 535 g/mol. The van der Waals surface area contributed by atoms with Crippen LogP contribution in [0.2, 0.25) is 0 Å². The molecule has 1 heterocycles. The molecule has 3 rings (SSSR count). The lowest BCUT2D eigenvalue weighted by Crippen LogP contribution is -2.62. The van der Waals surface area contributed by atoms with Gasteiger partial charge >= 0.3 is 11.8 Å². The van der Waals surface area contributed by atoms with Gasteiger partial charge in [-0.3, -0.25) is 4.90 Å². The summed E-state index contributed by atoms with van der Waals surface area (Å²) in [6.07, 6.45) is 4.76. The Labute approximate surface area is 197 Å². The minimum atomic E-state index is -4.94. The van der Waals surface area contributed by atoms with Crippen molar-refractivity contribution in [2.45, 2.75) is 37.7 Å². The summed E-state index contributed by atoms with van der Waals surface area (Å²) in [4.78, 5) is -0.0576. The van der Waals surface area contributed by atoms with E-state index in [1.165, 1.54) is 25.2 Å². The van der Waals surface area contributed by atoms with E-state index < -0.39 is 53.3 Å². The van der Waals surface area contributed by atoms with E-state index in [0.29, 0.717) is 19.2 Å². The van der Waals surface area contributed by atoms with E-state index in [4.69, 9.17) is 0 Å². The van der Waals surface area contributed by atoms with E-state index in [0.717, 1.165) is 13.0 Å². The van der Waals surface area contributed by atoms with Crippen molar-refractivity contribution in [1.82, 2.24) is 10.2 Å². The first kappa shape index (κ1) is 28.0. The molecule has 0 bridgehead atoms. The molecule has 3 aliphatic rings. The molecule has 0 aromatic carbocycles. The Morgan fingerprint density at radius 2 is 1.52 bits per heavy atom. The maximum absolute atomic E-state index is 15.4. The Hall–Kier alpha value is -1.21. The summed E-state index contributed by atoms with van der Waals surface area (Å²) in [5.41, 5.74) is -2.67. The summed E-state index contributed by atoms with van der Waals surface area (Å²) < 4.78 is 109. The van der Waals surface area contributed by atoms with Gasteiger partial charge in [0.2, 0.25) is 0 Å². The van der Waals surface area contributed by atoms with Crippen molar-refractivity contribution in [3.8, 4) is 0 Å². The third-order valence-corrected chi connectivity index (χ3v) is 9.79. The van der Waals surface area contributed by atoms with E-state index >= 15 is 8.78 Å². The highest BCUT2D eigenvalue weighted by Crippen LogP contribution is 2.54. The standard InChI is InChI=1S/C20H26F4N2O4S2.ClH/c1-3-31(27,28)15-7-9-18(10-8-15,26-13-11-25-12-14-26)16-5-6-17(32(29,30)4-2)20(23,24)19(16,21)22;/h5-9,25H,3-4,10-14H2,1-2H3;1H. The topological polar surface area (TPSA) is 83.5 Å². The van der Waals surface area contributed by atoms with Gasteiger partial charge in [0.1, 0.15) is 4.91 Å². The molecule has 13 heteroatoms. The van der Waals surface area contributed by atoms with Gasteiger partial charge in [0, 0.05) is 31.8 Å². The average Bonchev–Trinajstić information content (AvgIpc) is 2.76. The maximum atomic E-state index is 15.4. The summed E-state index contributed by atoms with van der Waals surface area (Å²) >= 11 is 0. The molecule has 33 heavy (non-hydrogen) atoms. The molecule has 6 nitrogen and oxygen atoms in total. The van der Waals surface area contributed by atoms with Crippen LogP contribution >= 0.6 is 12.4 Å². The minimum Gasteiger partial charge on any atom is -0.314 e. The number of allylic oxidation sites excluding steroid dienone is 4. The largest absolute Gasteiger partial charge is 0.349 e. The fraction of sp³-hybridized carbons (Fsp3) is 0.600. The summed E-state index contributed by atoms with van der Waals surface area (Å²) in [5.74, 6) is -10.7. The second kappa shape index (κ2) is 9.44. The van der Waals surface area contributed by atoms with Gasteiger partial charge in [-0.25, -0.2) is 16.8 Å². The number of nitrogens with zero attached hydrogens (tertiary/aromatic N) is 1. The van der Waals surface area contributed by atoms with Crippen LogP contribution in [0.1, 0.15) is 20.3 Å². The number of piperazine rings is 1. The predicted molar refractivity (Wildman–Crippen MR) is 121 cm³/mol. The molecule has 0 amide bonds. The molecular formula is C20H27ClF4N2O4S2. The first-order valence-electron chi connectivity index (χ1n) is 10.3. The van der Waals surface area contributed by atoms with E-state index in [1.54, 1.807) is 4.90 Å². The van der Waals surface area contributed by atoms with Crippen molar-refractivity contribution in [3.63, 3.8) is 0 Å². The molecule has 0 aromatic heterocycles. The molecule has 0 aromatic rings. The molecule has 1 atom stereocenters. The number of alkyl halides is 4. The molecule has 2 aliphatic carbocycles. The lowest BCUT2D eigenvalue weighted by atomic mass is 9.75. The zero-order valence-electron chi connectivity index (χ0n) is 18.2. The van der Waals surface area contributed by atoms with Crippen LogP contribution in [0.15, 0.2) is 45.8 Å². The van der Waals surface area contributed by atoms with Crippen molar-refractivity contribution in [2.75, 3.05) is 37.7 Å². The predicted octanol–water partition coefficient (Wildman–Crippen LogP) is 2.86. The molecule has 1 fully saturated rings. The van der Waals surface area contributed by atoms with Crippen molar-refractivity contribution in [3.05, 3.63) is 45.8 Å². The van der Waals surface area contributed by atoms with Crippen LogP contribution in [0.5, 0.6) is 0 Å². The van der Waals surface area contributed by atoms with Crippen molar-refractivity contribution < 1.29 is 34.4 Å². The molecule has 188 valence electrons.